The Hall–Kier alpha value is -2.05. The molecule has 0 spiro atoms. The van der Waals surface area contributed by atoms with Gasteiger partial charge in [0.2, 0.25) is 0 Å². The number of hydrogen-bond acceptors (Lipinski definition) is 4. The van der Waals surface area contributed by atoms with E-state index in [1.54, 1.807) is 5.38 Å². The highest BCUT2D eigenvalue weighted by Crippen LogP contribution is 2.13. The average Bonchev–Trinajstić information content (AvgIpc) is 2.67. The first-order chi connectivity index (χ1) is 8.78. The molecule has 20 heavy (non-hydrogen) atoms. The zero-order valence-electron chi connectivity index (χ0n) is 8.95. The third-order valence-corrected chi connectivity index (χ3v) is 1.52. The summed E-state index contributed by atoms with van der Waals surface area (Å²) >= 11 is 1.30. The number of H-pyrrole nitrogens is 1. The Labute approximate surface area is 109 Å². The van der Waals surface area contributed by atoms with Crippen molar-refractivity contribution in [2.45, 2.75) is 12.4 Å². The van der Waals surface area contributed by atoms with Gasteiger partial charge in [-0.25, -0.2) is 9.59 Å². The van der Waals surface area contributed by atoms with E-state index in [2.05, 4.69) is 4.37 Å². The van der Waals surface area contributed by atoms with E-state index in [1.165, 1.54) is 17.6 Å². The van der Waals surface area contributed by atoms with Gasteiger partial charge >= 0.3 is 24.3 Å². The summed E-state index contributed by atoms with van der Waals surface area (Å²) in [5, 5.41) is 16.0. The molecule has 0 fully saturated rings. The van der Waals surface area contributed by atoms with Crippen molar-refractivity contribution < 1.29 is 46.1 Å². The molecule has 0 atom stereocenters. The molecule has 0 aliphatic carbocycles. The fourth-order valence-corrected chi connectivity index (χ4v) is 0.666. The van der Waals surface area contributed by atoms with E-state index in [0.29, 0.717) is 0 Å². The molecule has 0 saturated heterocycles. The summed E-state index contributed by atoms with van der Waals surface area (Å²) in [4.78, 5) is 27.8. The fourth-order valence-electron chi connectivity index (χ4n) is 0.222. The van der Waals surface area contributed by atoms with E-state index in [1.807, 2.05) is 0 Å². The first kappa shape index (κ1) is 20.3. The largest absolute Gasteiger partial charge is 0.490 e. The molecular weight excluding hydrogens is 324 g/mol. The summed E-state index contributed by atoms with van der Waals surface area (Å²) in [5.41, 5.74) is -0.0139. The van der Waals surface area contributed by atoms with Crippen molar-refractivity contribution in [3.8, 4) is 0 Å². The molecule has 6 nitrogen and oxygen atoms in total. The van der Waals surface area contributed by atoms with Crippen LogP contribution in [0.15, 0.2) is 16.2 Å². The zero-order valence-corrected chi connectivity index (χ0v) is 9.77. The molecule has 0 amide bonds. The third kappa shape index (κ3) is 12.4. The lowest BCUT2D eigenvalue weighted by Gasteiger charge is -1.93. The van der Waals surface area contributed by atoms with E-state index in [-0.39, 0.29) is 5.56 Å². The second kappa shape index (κ2) is 8.19. The van der Waals surface area contributed by atoms with Crippen LogP contribution in [0.5, 0.6) is 0 Å². The van der Waals surface area contributed by atoms with E-state index in [4.69, 9.17) is 19.8 Å². The molecule has 1 heterocycles. The minimum atomic E-state index is -5.08. The number of aliphatic carboxylic acids is 2. The standard InChI is InChI=1S/C3H3NOS.2C2HF3O2/c5-3-1-2-6-4-3;2*3-2(4,5)1(6)7/h1-2H,(H,4,5);2*(H,6,7). The van der Waals surface area contributed by atoms with Gasteiger partial charge in [0.1, 0.15) is 0 Å². The van der Waals surface area contributed by atoms with Gasteiger partial charge in [0.15, 0.2) is 0 Å². The van der Waals surface area contributed by atoms with Gasteiger partial charge in [-0.2, -0.15) is 26.3 Å². The molecule has 1 rings (SSSR count). The second-order valence-corrected chi connectivity index (χ2v) is 3.20. The highest BCUT2D eigenvalue weighted by molar-refractivity contribution is 7.03. The van der Waals surface area contributed by atoms with E-state index >= 15 is 0 Å². The number of halogens is 6. The molecule has 0 aromatic carbocycles. The summed E-state index contributed by atoms with van der Waals surface area (Å²) in [5.74, 6) is -5.51. The molecular formula is C7H5F6NO5S. The van der Waals surface area contributed by atoms with Gasteiger partial charge in [-0.15, -0.1) is 0 Å². The Morgan fingerprint density at radius 3 is 1.35 bits per heavy atom. The number of aromatic nitrogens is 1. The number of carboxylic acids is 2. The van der Waals surface area contributed by atoms with Crippen LogP contribution in [-0.2, 0) is 9.59 Å². The predicted octanol–water partition coefficient (Wildman–Crippen LogP) is 1.70. The van der Waals surface area contributed by atoms with Gasteiger partial charge in [-0.05, 0) is 0 Å². The highest BCUT2D eigenvalue weighted by Gasteiger charge is 2.38. The van der Waals surface area contributed by atoms with Crippen molar-refractivity contribution in [2.24, 2.45) is 0 Å². The van der Waals surface area contributed by atoms with Gasteiger partial charge in [0.05, 0.1) is 0 Å². The Morgan fingerprint density at radius 2 is 1.30 bits per heavy atom. The summed E-state index contributed by atoms with van der Waals surface area (Å²) < 4.78 is 66.0. The normalized spacial score (nSPS) is 10.5. The molecule has 0 bridgehead atoms. The van der Waals surface area contributed by atoms with Crippen molar-refractivity contribution in [3.05, 3.63) is 21.8 Å². The maximum absolute atomic E-state index is 10.6. The molecule has 0 saturated carbocycles. The first-order valence-electron chi connectivity index (χ1n) is 4.01. The quantitative estimate of drug-likeness (QED) is 0.628. The summed E-state index contributed by atoms with van der Waals surface area (Å²) in [6.07, 6.45) is -10.2. The predicted molar refractivity (Wildman–Crippen MR) is 52.3 cm³/mol. The molecule has 0 aliphatic rings. The molecule has 0 unspecified atom stereocenters. The maximum Gasteiger partial charge on any atom is 0.490 e. The smallest absolute Gasteiger partial charge is 0.475 e. The minimum Gasteiger partial charge on any atom is -0.475 e. The molecule has 3 N–H and O–H groups in total. The summed E-state index contributed by atoms with van der Waals surface area (Å²) in [7, 11) is 0. The van der Waals surface area contributed by atoms with Crippen LogP contribution in [0, 0.1) is 0 Å². The molecule has 1 aromatic heterocycles. The third-order valence-electron chi connectivity index (χ3n) is 0.932. The van der Waals surface area contributed by atoms with Gasteiger partial charge < -0.3 is 10.2 Å². The van der Waals surface area contributed by atoms with Crippen molar-refractivity contribution in [1.82, 2.24) is 4.37 Å². The maximum atomic E-state index is 10.6. The van der Waals surface area contributed by atoms with Crippen LogP contribution in [0.2, 0.25) is 0 Å². The van der Waals surface area contributed by atoms with Gasteiger partial charge in [-0.1, -0.05) is 11.5 Å². The second-order valence-electron chi connectivity index (χ2n) is 2.49. The lowest BCUT2D eigenvalue weighted by molar-refractivity contribution is -0.193. The van der Waals surface area contributed by atoms with Crippen molar-refractivity contribution in [3.63, 3.8) is 0 Å². The van der Waals surface area contributed by atoms with Gasteiger partial charge in [0.25, 0.3) is 5.56 Å². The van der Waals surface area contributed by atoms with Crippen LogP contribution in [0.25, 0.3) is 0 Å². The number of rotatable bonds is 0. The van der Waals surface area contributed by atoms with Crippen LogP contribution in [-0.4, -0.2) is 38.9 Å². The number of aromatic amines is 1. The van der Waals surface area contributed by atoms with Crippen molar-refractivity contribution >= 4 is 23.5 Å². The van der Waals surface area contributed by atoms with E-state index < -0.39 is 24.3 Å². The zero-order chi connectivity index (χ0) is 16.6. The lowest BCUT2D eigenvalue weighted by atomic mass is 10.7. The number of alkyl halides is 6. The highest BCUT2D eigenvalue weighted by atomic mass is 32.1. The number of carbonyl (C=O) groups is 2. The lowest BCUT2D eigenvalue weighted by Crippen LogP contribution is -2.21. The van der Waals surface area contributed by atoms with Crippen molar-refractivity contribution in [2.75, 3.05) is 0 Å². The SMILES string of the molecule is O=C(O)C(F)(F)F.O=C(O)C(F)(F)F.O=c1ccs[nH]1. The Morgan fingerprint density at radius 1 is 1.00 bits per heavy atom. The molecule has 0 aliphatic heterocycles. The van der Waals surface area contributed by atoms with Crippen LogP contribution in [0.1, 0.15) is 0 Å². The number of nitrogens with one attached hydrogen (secondary N) is 1. The van der Waals surface area contributed by atoms with E-state index in [9.17, 15) is 31.1 Å². The topological polar surface area (TPSA) is 107 Å². The Kier molecular flexibility index (Phi) is 8.30. The molecule has 0 radical (unpaired) electrons. The summed E-state index contributed by atoms with van der Waals surface area (Å²) in [6, 6.07) is 1.49. The number of carboxylic acid groups (broad SMARTS) is 2. The van der Waals surface area contributed by atoms with Crippen LogP contribution in [0.3, 0.4) is 0 Å². The molecule has 116 valence electrons. The monoisotopic (exact) mass is 329 g/mol. The first-order valence-corrected chi connectivity index (χ1v) is 4.88. The van der Waals surface area contributed by atoms with Crippen LogP contribution >= 0.6 is 11.5 Å². The van der Waals surface area contributed by atoms with Crippen molar-refractivity contribution in [1.29, 1.82) is 0 Å². The van der Waals surface area contributed by atoms with Crippen LogP contribution in [0.4, 0.5) is 26.3 Å². The minimum absolute atomic E-state index is 0.0139. The Bertz CT molecular complexity index is 434. The molecule has 1 aromatic rings. The Balaban J connectivity index is 0. The van der Waals surface area contributed by atoms with Crippen LogP contribution < -0.4 is 5.56 Å². The fraction of sp³-hybridized carbons (Fsp3) is 0.286. The average molecular weight is 329 g/mol. The van der Waals surface area contributed by atoms with Gasteiger partial charge in [0, 0.05) is 11.4 Å². The van der Waals surface area contributed by atoms with E-state index in [0.717, 1.165) is 0 Å². The number of hydrogen-bond donors (Lipinski definition) is 3. The summed E-state index contributed by atoms with van der Waals surface area (Å²) in [6.45, 7) is 0. The van der Waals surface area contributed by atoms with Gasteiger partial charge in [-0.3, -0.25) is 9.17 Å². The molecule has 13 heteroatoms.